The largest absolute Gasteiger partial charge is 0.493 e. The molecule has 1 N–H and O–H groups in total. The maximum absolute atomic E-state index is 12.2. The minimum absolute atomic E-state index is 0.199. The second kappa shape index (κ2) is 8.85. The molecule has 0 aliphatic carbocycles. The first-order valence-corrected chi connectivity index (χ1v) is 8.73. The van der Waals surface area contributed by atoms with E-state index in [-0.39, 0.29) is 5.91 Å². The van der Waals surface area contributed by atoms with Crippen molar-refractivity contribution in [1.29, 1.82) is 0 Å². The summed E-state index contributed by atoms with van der Waals surface area (Å²) in [6.07, 6.45) is 4.93. The molecule has 0 saturated heterocycles. The Hall–Kier alpha value is -3.61. The number of carbonyl (C=O) groups excluding carboxylic acids is 1. The summed E-state index contributed by atoms with van der Waals surface area (Å²) in [5.41, 5.74) is 3.29. The van der Waals surface area contributed by atoms with E-state index in [0.717, 1.165) is 22.6 Å². The van der Waals surface area contributed by atoms with E-state index in [1.54, 1.807) is 37.2 Å². The lowest BCUT2D eigenvalue weighted by atomic mass is 10.2. The highest BCUT2D eigenvalue weighted by atomic mass is 16.5. The van der Waals surface area contributed by atoms with Gasteiger partial charge in [0.05, 0.1) is 32.2 Å². The number of hydrogen-bond donors (Lipinski definition) is 1. The first-order valence-electron chi connectivity index (χ1n) is 8.73. The highest BCUT2D eigenvalue weighted by molar-refractivity contribution is 5.91. The average molecular weight is 378 g/mol. The summed E-state index contributed by atoms with van der Waals surface area (Å²) in [6, 6.07) is 13.0. The van der Waals surface area contributed by atoms with E-state index in [0.29, 0.717) is 18.0 Å². The van der Waals surface area contributed by atoms with E-state index in [1.165, 1.54) is 6.08 Å². The number of methoxy groups -OCH3 is 2. The Morgan fingerprint density at radius 1 is 1.11 bits per heavy atom. The van der Waals surface area contributed by atoms with Crippen LogP contribution >= 0.6 is 0 Å². The summed E-state index contributed by atoms with van der Waals surface area (Å²) in [5.74, 6) is 1.06. The zero-order valence-electron chi connectivity index (χ0n) is 16.0. The molecule has 1 amide bonds. The van der Waals surface area contributed by atoms with E-state index in [1.807, 2.05) is 43.4 Å². The quantitative estimate of drug-likeness (QED) is 0.640. The third kappa shape index (κ3) is 4.56. The molecule has 3 aromatic rings. The number of aryl methyl sites for hydroxylation is 1. The number of ether oxygens (including phenoxy) is 2. The fourth-order valence-corrected chi connectivity index (χ4v) is 2.68. The molecule has 1 aromatic carbocycles. The van der Waals surface area contributed by atoms with Crippen LogP contribution in [-0.2, 0) is 18.4 Å². The zero-order valence-corrected chi connectivity index (χ0v) is 16.0. The van der Waals surface area contributed by atoms with Gasteiger partial charge in [-0.3, -0.25) is 14.5 Å². The highest BCUT2D eigenvalue weighted by Crippen LogP contribution is 2.27. The Morgan fingerprint density at radius 3 is 2.64 bits per heavy atom. The molecule has 0 radical (unpaired) electrons. The normalized spacial score (nSPS) is 10.8. The van der Waals surface area contributed by atoms with Crippen LogP contribution in [0.2, 0.25) is 0 Å². The van der Waals surface area contributed by atoms with Gasteiger partial charge in [-0.1, -0.05) is 12.1 Å². The van der Waals surface area contributed by atoms with E-state index in [9.17, 15) is 4.79 Å². The third-order valence-electron chi connectivity index (χ3n) is 4.18. The summed E-state index contributed by atoms with van der Waals surface area (Å²) in [4.78, 5) is 16.5. The Balaban J connectivity index is 1.62. The van der Waals surface area contributed by atoms with Gasteiger partial charge in [-0.25, -0.2) is 0 Å². The van der Waals surface area contributed by atoms with Gasteiger partial charge in [0, 0.05) is 19.3 Å². The van der Waals surface area contributed by atoms with Crippen LogP contribution in [0.25, 0.3) is 17.5 Å². The maximum atomic E-state index is 12.2. The van der Waals surface area contributed by atoms with Crippen molar-refractivity contribution in [2.45, 2.75) is 6.54 Å². The highest BCUT2D eigenvalue weighted by Gasteiger charge is 2.09. The minimum Gasteiger partial charge on any atom is -0.493 e. The maximum Gasteiger partial charge on any atom is 0.244 e. The van der Waals surface area contributed by atoms with Crippen LogP contribution in [0.3, 0.4) is 0 Å². The molecule has 0 unspecified atom stereocenters. The van der Waals surface area contributed by atoms with Crippen molar-refractivity contribution in [3.8, 4) is 22.9 Å². The summed E-state index contributed by atoms with van der Waals surface area (Å²) >= 11 is 0. The smallest absolute Gasteiger partial charge is 0.244 e. The number of rotatable bonds is 7. The number of pyridine rings is 1. The fourth-order valence-electron chi connectivity index (χ4n) is 2.68. The van der Waals surface area contributed by atoms with Crippen molar-refractivity contribution in [2.75, 3.05) is 14.2 Å². The molecule has 0 atom stereocenters. The van der Waals surface area contributed by atoms with Crippen molar-refractivity contribution in [3.63, 3.8) is 0 Å². The molecule has 0 bridgehead atoms. The molecular formula is C21H22N4O3. The zero-order chi connectivity index (χ0) is 19.9. The molecule has 2 heterocycles. The number of aromatic nitrogens is 3. The second-order valence-corrected chi connectivity index (χ2v) is 6.03. The Morgan fingerprint density at radius 2 is 1.93 bits per heavy atom. The van der Waals surface area contributed by atoms with Crippen LogP contribution in [0.1, 0.15) is 11.3 Å². The van der Waals surface area contributed by atoms with Crippen molar-refractivity contribution >= 4 is 12.0 Å². The van der Waals surface area contributed by atoms with Gasteiger partial charge < -0.3 is 14.8 Å². The van der Waals surface area contributed by atoms with Gasteiger partial charge in [-0.05, 0) is 42.0 Å². The molecule has 144 valence electrons. The summed E-state index contributed by atoms with van der Waals surface area (Å²) in [6.45, 7) is 0.367. The Bertz CT molecular complexity index is 981. The minimum atomic E-state index is -0.199. The first kappa shape index (κ1) is 19.2. The van der Waals surface area contributed by atoms with E-state index >= 15 is 0 Å². The average Bonchev–Trinajstić information content (AvgIpc) is 3.11. The van der Waals surface area contributed by atoms with Gasteiger partial charge in [0.2, 0.25) is 5.91 Å². The van der Waals surface area contributed by atoms with Gasteiger partial charge in [-0.2, -0.15) is 5.10 Å². The number of amides is 1. The molecule has 0 aliphatic heterocycles. The molecular weight excluding hydrogens is 356 g/mol. The van der Waals surface area contributed by atoms with Crippen molar-refractivity contribution in [3.05, 3.63) is 66.0 Å². The predicted octanol–water partition coefficient (Wildman–Crippen LogP) is 2.83. The van der Waals surface area contributed by atoms with Crippen molar-refractivity contribution in [2.24, 2.45) is 7.05 Å². The second-order valence-electron chi connectivity index (χ2n) is 6.03. The number of hydrogen-bond acceptors (Lipinski definition) is 5. The predicted molar refractivity (Wildman–Crippen MR) is 107 cm³/mol. The Labute approximate surface area is 163 Å². The Kier molecular flexibility index (Phi) is 6.06. The number of benzene rings is 1. The molecule has 28 heavy (non-hydrogen) atoms. The standard InChI is InChI=1S/C21H22N4O3/c1-25-16(13-18(24-25)17-6-4-5-11-22-17)14-23-21(26)10-8-15-7-9-19(27-2)20(12-15)28-3/h4-13H,14H2,1-3H3,(H,23,26). The van der Waals surface area contributed by atoms with Crippen molar-refractivity contribution in [1.82, 2.24) is 20.1 Å². The van der Waals surface area contributed by atoms with E-state index < -0.39 is 0 Å². The molecule has 7 nitrogen and oxygen atoms in total. The molecule has 3 rings (SSSR count). The summed E-state index contributed by atoms with van der Waals surface area (Å²) in [5, 5.41) is 7.31. The van der Waals surface area contributed by atoms with Crippen LogP contribution in [0.4, 0.5) is 0 Å². The number of nitrogens with one attached hydrogen (secondary N) is 1. The lowest BCUT2D eigenvalue weighted by Gasteiger charge is -2.07. The van der Waals surface area contributed by atoms with Crippen LogP contribution in [0.15, 0.2) is 54.7 Å². The fraction of sp³-hybridized carbons (Fsp3) is 0.190. The summed E-state index contributed by atoms with van der Waals surface area (Å²) in [7, 11) is 5.00. The SMILES string of the molecule is COc1ccc(C=CC(=O)NCc2cc(-c3ccccn3)nn2C)cc1OC. The topological polar surface area (TPSA) is 78.3 Å². The van der Waals surface area contributed by atoms with Crippen LogP contribution in [0, 0.1) is 0 Å². The first-order chi connectivity index (χ1) is 13.6. The molecule has 2 aromatic heterocycles. The number of nitrogens with zero attached hydrogens (tertiary/aromatic N) is 3. The molecule has 0 aliphatic rings. The molecule has 7 heteroatoms. The third-order valence-corrected chi connectivity index (χ3v) is 4.18. The monoisotopic (exact) mass is 378 g/mol. The molecule has 0 saturated carbocycles. The van der Waals surface area contributed by atoms with E-state index in [4.69, 9.17) is 9.47 Å². The van der Waals surface area contributed by atoms with Gasteiger partial charge in [0.25, 0.3) is 0 Å². The summed E-state index contributed by atoms with van der Waals surface area (Å²) < 4.78 is 12.2. The van der Waals surface area contributed by atoms with Crippen molar-refractivity contribution < 1.29 is 14.3 Å². The molecule has 0 spiro atoms. The van der Waals surface area contributed by atoms with Gasteiger partial charge in [0.1, 0.15) is 5.69 Å². The lowest BCUT2D eigenvalue weighted by molar-refractivity contribution is -0.116. The molecule has 0 fully saturated rings. The van der Waals surface area contributed by atoms with Gasteiger partial charge in [0.15, 0.2) is 11.5 Å². The lowest BCUT2D eigenvalue weighted by Crippen LogP contribution is -2.21. The van der Waals surface area contributed by atoms with Crippen LogP contribution in [0.5, 0.6) is 11.5 Å². The van der Waals surface area contributed by atoms with Gasteiger partial charge >= 0.3 is 0 Å². The van der Waals surface area contributed by atoms with E-state index in [2.05, 4.69) is 15.4 Å². The van der Waals surface area contributed by atoms with Crippen LogP contribution < -0.4 is 14.8 Å². The van der Waals surface area contributed by atoms with Gasteiger partial charge in [-0.15, -0.1) is 0 Å². The number of carbonyl (C=O) groups is 1. The van der Waals surface area contributed by atoms with Crippen LogP contribution in [-0.4, -0.2) is 34.9 Å².